The summed E-state index contributed by atoms with van der Waals surface area (Å²) in [5.74, 6) is 0.854. The van der Waals surface area contributed by atoms with Gasteiger partial charge in [-0.15, -0.1) is 0 Å². The van der Waals surface area contributed by atoms with Crippen molar-refractivity contribution in [2.24, 2.45) is 0 Å². The number of nitrogens with two attached hydrogens (primary N) is 1. The summed E-state index contributed by atoms with van der Waals surface area (Å²) in [6, 6.07) is 5.75. The Kier molecular flexibility index (Phi) is 6.18. The van der Waals surface area contributed by atoms with E-state index in [1.807, 2.05) is 24.0 Å². The molecule has 0 aromatic carbocycles. The third-order valence-corrected chi connectivity index (χ3v) is 4.22. The smallest absolute Gasteiger partial charge is 0.320 e. The number of ether oxygens (including phenoxy) is 2. The Hall–Kier alpha value is -2.74. The van der Waals surface area contributed by atoms with Crippen molar-refractivity contribution < 1.29 is 14.3 Å². The Morgan fingerprint density at radius 2 is 2.26 bits per heavy atom. The van der Waals surface area contributed by atoms with Crippen molar-refractivity contribution >= 4 is 17.4 Å². The van der Waals surface area contributed by atoms with Gasteiger partial charge < -0.3 is 20.1 Å². The summed E-state index contributed by atoms with van der Waals surface area (Å²) in [5.41, 5.74) is 7.85. The summed E-state index contributed by atoms with van der Waals surface area (Å²) in [6.45, 7) is 5.30. The van der Waals surface area contributed by atoms with Crippen LogP contribution < -0.4 is 15.4 Å². The predicted octanol–water partition coefficient (Wildman–Crippen LogP) is 1.92. The molecule has 1 aliphatic rings. The van der Waals surface area contributed by atoms with Gasteiger partial charge in [0, 0.05) is 31.1 Å². The lowest BCUT2D eigenvalue weighted by Crippen LogP contribution is -2.29. The number of Topliss-reactive ketones (excluding diaryl/α,β-unsaturated/α-hetero) is 1. The minimum absolute atomic E-state index is 0.0223. The van der Waals surface area contributed by atoms with E-state index in [0.717, 1.165) is 30.7 Å². The zero-order valence-electron chi connectivity index (χ0n) is 15.7. The summed E-state index contributed by atoms with van der Waals surface area (Å²) in [6.07, 6.45) is 3.85. The molecule has 8 heteroatoms. The number of nitrogen functional groups attached to an aromatic ring is 1. The van der Waals surface area contributed by atoms with Crippen LogP contribution in [0.25, 0.3) is 0 Å². The number of anilines is 2. The first-order valence-corrected chi connectivity index (χ1v) is 9.04. The first kappa shape index (κ1) is 19.0. The normalized spacial score (nSPS) is 16.3. The molecule has 0 radical (unpaired) electrons. The van der Waals surface area contributed by atoms with E-state index in [4.69, 9.17) is 15.2 Å². The van der Waals surface area contributed by atoms with Crippen LogP contribution in [0.5, 0.6) is 6.01 Å². The highest BCUT2D eigenvalue weighted by molar-refractivity contribution is 5.80. The molecule has 1 saturated heterocycles. The van der Waals surface area contributed by atoms with Crippen LogP contribution in [-0.2, 0) is 16.1 Å². The lowest BCUT2D eigenvalue weighted by atomic mass is 10.2. The van der Waals surface area contributed by atoms with Gasteiger partial charge in [0.1, 0.15) is 24.0 Å². The van der Waals surface area contributed by atoms with Crippen molar-refractivity contribution in [2.75, 3.05) is 30.4 Å². The minimum Gasteiger partial charge on any atom is -0.461 e. The van der Waals surface area contributed by atoms with Crippen LogP contribution in [0, 0.1) is 6.92 Å². The summed E-state index contributed by atoms with van der Waals surface area (Å²) < 4.78 is 11.2. The Morgan fingerprint density at radius 3 is 2.93 bits per heavy atom. The number of carbonyl (C=O) groups is 1. The van der Waals surface area contributed by atoms with E-state index in [0.29, 0.717) is 19.0 Å². The van der Waals surface area contributed by atoms with Crippen LogP contribution in [0.4, 0.5) is 11.6 Å². The van der Waals surface area contributed by atoms with Gasteiger partial charge in [0.25, 0.3) is 0 Å². The molecule has 2 N–H and O–H groups in total. The van der Waals surface area contributed by atoms with Gasteiger partial charge in [0.15, 0.2) is 0 Å². The maximum atomic E-state index is 11.8. The highest BCUT2D eigenvalue weighted by Gasteiger charge is 2.18. The number of aromatic nitrogens is 3. The standard InChI is InChI=1S/C19H25N5O3/c1-13-5-6-15(9-21-13)11-24(10-14(2)25)18-8-17(20)22-19(23-18)27-12-16-4-3-7-26-16/h5-6,8-9,16H,3-4,7,10-12H2,1-2H3,(H2,20,22,23). The molecule has 0 spiro atoms. The van der Waals surface area contributed by atoms with Crippen molar-refractivity contribution in [1.82, 2.24) is 15.0 Å². The van der Waals surface area contributed by atoms with E-state index >= 15 is 0 Å². The average Bonchev–Trinajstić information content (AvgIpc) is 3.14. The fourth-order valence-corrected chi connectivity index (χ4v) is 2.90. The molecular weight excluding hydrogens is 346 g/mol. The summed E-state index contributed by atoms with van der Waals surface area (Å²) in [7, 11) is 0. The maximum absolute atomic E-state index is 11.8. The molecule has 0 bridgehead atoms. The Morgan fingerprint density at radius 1 is 1.41 bits per heavy atom. The van der Waals surface area contributed by atoms with Crippen LogP contribution in [-0.4, -0.2) is 46.6 Å². The van der Waals surface area contributed by atoms with E-state index in [1.54, 1.807) is 19.2 Å². The molecule has 0 saturated carbocycles. The number of pyridine rings is 1. The zero-order valence-corrected chi connectivity index (χ0v) is 15.7. The average molecular weight is 371 g/mol. The molecule has 1 fully saturated rings. The number of ketones is 1. The van der Waals surface area contributed by atoms with Crippen LogP contribution in [0.1, 0.15) is 31.0 Å². The van der Waals surface area contributed by atoms with Gasteiger partial charge in [-0.05, 0) is 38.3 Å². The number of hydrogen-bond acceptors (Lipinski definition) is 8. The second kappa shape index (κ2) is 8.77. The highest BCUT2D eigenvalue weighted by atomic mass is 16.5. The molecule has 144 valence electrons. The SMILES string of the molecule is CC(=O)CN(Cc1ccc(C)nc1)c1cc(N)nc(OCC2CCCO2)n1. The van der Waals surface area contributed by atoms with Crippen LogP contribution in [0.3, 0.4) is 0 Å². The van der Waals surface area contributed by atoms with E-state index < -0.39 is 0 Å². The monoisotopic (exact) mass is 371 g/mol. The van der Waals surface area contributed by atoms with Gasteiger partial charge in [-0.3, -0.25) is 9.78 Å². The number of nitrogens with zero attached hydrogens (tertiary/aromatic N) is 4. The molecular formula is C19H25N5O3. The largest absolute Gasteiger partial charge is 0.461 e. The zero-order chi connectivity index (χ0) is 19.2. The quantitative estimate of drug-likeness (QED) is 0.750. The Labute approximate surface area is 158 Å². The van der Waals surface area contributed by atoms with E-state index in [2.05, 4.69) is 15.0 Å². The molecule has 0 amide bonds. The highest BCUT2D eigenvalue weighted by Crippen LogP contribution is 2.21. The molecule has 1 atom stereocenters. The van der Waals surface area contributed by atoms with Crippen molar-refractivity contribution in [2.45, 2.75) is 39.3 Å². The van der Waals surface area contributed by atoms with Crippen molar-refractivity contribution in [3.63, 3.8) is 0 Å². The minimum atomic E-state index is 0.0223. The third-order valence-electron chi connectivity index (χ3n) is 4.22. The Bertz CT molecular complexity index is 775. The lowest BCUT2D eigenvalue weighted by Gasteiger charge is -2.23. The van der Waals surface area contributed by atoms with Gasteiger partial charge in [-0.1, -0.05) is 6.07 Å². The van der Waals surface area contributed by atoms with Gasteiger partial charge in [0.2, 0.25) is 0 Å². The van der Waals surface area contributed by atoms with Crippen LogP contribution >= 0.6 is 0 Å². The second-order valence-electron chi connectivity index (χ2n) is 6.75. The summed E-state index contributed by atoms with van der Waals surface area (Å²) >= 11 is 0. The van der Waals surface area contributed by atoms with Gasteiger partial charge in [-0.25, -0.2) is 0 Å². The van der Waals surface area contributed by atoms with E-state index in [1.165, 1.54) is 0 Å². The molecule has 2 aromatic rings. The van der Waals surface area contributed by atoms with Crippen molar-refractivity contribution in [1.29, 1.82) is 0 Å². The topological polar surface area (TPSA) is 103 Å². The number of aryl methyl sites for hydroxylation is 1. The van der Waals surface area contributed by atoms with Gasteiger partial charge in [0.05, 0.1) is 12.6 Å². The number of hydrogen-bond donors (Lipinski definition) is 1. The molecule has 1 unspecified atom stereocenters. The van der Waals surface area contributed by atoms with Crippen LogP contribution in [0.2, 0.25) is 0 Å². The van der Waals surface area contributed by atoms with E-state index in [9.17, 15) is 4.79 Å². The van der Waals surface area contributed by atoms with Crippen molar-refractivity contribution in [3.05, 3.63) is 35.7 Å². The molecule has 0 aliphatic carbocycles. The molecule has 3 rings (SSSR count). The summed E-state index contributed by atoms with van der Waals surface area (Å²) in [5, 5.41) is 0. The molecule has 27 heavy (non-hydrogen) atoms. The first-order chi connectivity index (χ1) is 13.0. The fraction of sp³-hybridized carbons (Fsp3) is 0.474. The predicted molar refractivity (Wildman–Crippen MR) is 102 cm³/mol. The first-order valence-electron chi connectivity index (χ1n) is 9.04. The summed E-state index contributed by atoms with van der Waals surface area (Å²) in [4.78, 5) is 26.5. The van der Waals surface area contributed by atoms with E-state index in [-0.39, 0.29) is 30.3 Å². The van der Waals surface area contributed by atoms with Gasteiger partial charge in [-0.2, -0.15) is 9.97 Å². The molecule has 8 nitrogen and oxygen atoms in total. The number of rotatable bonds is 8. The number of carbonyl (C=O) groups excluding carboxylic acids is 1. The molecule has 2 aromatic heterocycles. The third kappa shape index (κ3) is 5.62. The molecule has 3 heterocycles. The second-order valence-corrected chi connectivity index (χ2v) is 6.75. The van der Waals surface area contributed by atoms with Gasteiger partial charge >= 0.3 is 6.01 Å². The van der Waals surface area contributed by atoms with Crippen molar-refractivity contribution in [3.8, 4) is 6.01 Å². The Balaban J connectivity index is 1.77. The van der Waals surface area contributed by atoms with Crippen LogP contribution in [0.15, 0.2) is 24.4 Å². The fourth-order valence-electron chi connectivity index (χ4n) is 2.90. The maximum Gasteiger partial charge on any atom is 0.320 e. The lowest BCUT2D eigenvalue weighted by molar-refractivity contribution is -0.115. The molecule has 1 aliphatic heterocycles.